The fraction of sp³-hybridized carbons (Fsp3) is 0.167. The number of rotatable bonds is 8. The number of hydrogen-bond acceptors (Lipinski definition) is 6. The van der Waals surface area contributed by atoms with E-state index < -0.39 is 0 Å². The molecule has 2 aromatic heterocycles. The number of hydrogen-bond donors (Lipinski definition) is 1. The first-order valence-electron chi connectivity index (χ1n) is 10.3. The van der Waals surface area contributed by atoms with E-state index in [-0.39, 0.29) is 24.1 Å². The van der Waals surface area contributed by atoms with E-state index in [1.165, 1.54) is 16.7 Å². The Morgan fingerprint density at radius 3 is 2.55 bits per heavy atom. The first-order chi connectivity index (χ1) is 16.0. The number of carbonyl (C=O) groups excluding carboxylic acids is 2. The summed E-state index contributed by atoms with van der Waals surface area (Å²) in [6, 6.07) is 20.3. The van der Waals surface area contributed by atoms with Gasteiger partial charge in [0.15, 0.2) is 5.16 Å². The zero-order valence-corrected chi connectivity index (χ0v) is 19.1. The molecule has 1 N–H and O–H groups in total. The molecular weight excluding hydrogens is 438 g/mol. The monoisotopic (exact) mass is 461 g/mol. The Labute approximate surface area is 195 Å². The smallest absolute Gasteiger partial charge is 0.253 e. The summed E-state index contributed by atoms with van der Waals surface area (Å²) in [5, 5.41) is 11.8. The molecule has 0 fully saturated rings. The molecule has 33 heavy (non-hydrogen) atoms. The summed E-state index contributed by atoms with van der Waals surface area (Å²) in [6.45, 7) is 2.14. The molecule has 0 aliphatic heterocycles. The molecule has 0 bridgehead atoms. The fourth-order valence-corrected chi connectivity index (χ4v) is 4.21. The summed E-state index contributed by atoms with van der Waals surface area (Å²) >= 11 is 1.30. The van der Waals surface area contributed by atoms with Crippen molar-refractivity contribution < 1.29 is 14.0 Å². The molecule has 2 heterocycles. The molecule has 0 atom stereocenters. The van der Waals surface area contributed by atoms with E-state index in [0.717, 1.165) is 11.5 Å². The lowest BCUT2D eigenvalue weighted by atomic mass is 10.1. The largest absolute Gasteiger partial charge is 0.467 e. The highest BCUT2D eigenvalue weighted by molar-refractivity contribution is 7.99. The molecule has 0 saturated heterocycles. The van der Waals surface area contributed by atoms with Gasteiger partial charge in [-0.3, -0.25) is 14.2 Å². The lowest BCUT2D eigenvalue weighted by molar-refractivity contribution is -0.115. The third-order valence-corrected chi connectivity index (χ3v) is 5.94. The number of anilines is 1. The molecule has 168 valence electrons. The SMILES string of the molecule is Cc1nnc(SCC(=O)N(C)c2ccccc2C(=O)NCc2ccco2)n1-c1ccccc1. The van der Waals surface area contributed by atoms with Crippen LogP contribution in [0.2, 0.25) is 0 Å². The normalized spacial score (nSPS) is 10.7. The van der Waals surface area contributed by atoms with E-state index in [0.29, 0.717) is 22.2 Å². The van der Waals surface area contributed by atoms with Crippen molar-refractivity contribution in [3.8, 4) is 5.69 Å². The Bertz CT molecular complexity index is 1240. The molecule has 0 aliphatic rings. The Kier molecular flexibility index (Phi) is 6.89. The molecule has 0 unspecified atom stereocenters. The molecule has 0 aliphatic carbocycles. The number of amides is 2. The summed E-state index contributed by atoms with van der Waals surface area (Å²) in [5.41, 5.74) is 1.87. The third-order valence-electron chi connectivity index (χ3n) is 5.02. The predicted octanol–water partition coefficient (Wildman–Crippen LogP) is 3.85. The fourth-order valence-electron chi connectivity index (χ4n) is 3.30. The van der Waals surface area contributed by atoms with Gasteiger partial charge in [0.05, 0.1) is 29.8 Å². The summed E-state index contributed by atoms with van der Waals surface area (Å²) in [4.78, 5) is 27.2. The van der Waals surface area contributed by atoms with E-state index in [1.54, 1.807) is 49.7 Å². The molecule has 0 radical (unpaired) electrons. The van der Waals surface area contributed by atoms with Crippen LogP contribution < -0.4 is 10.2 Å². The average Bonchev–Trinajstić information content (AvgIpc) is 3.50. The van der Waals surface area contributed by atoms with Crippen LogP contribution in [-0.4, -0.2) is 39.4 Å². The van der Waals surface area contributed by atoms with Gasteiger partial charge in [-0.2, -0.15) is 0 Å². The number of furan rings is 1. The molecule has 0 spiro atoms. The highest BCUT2D eigenvalue weighted by atomic mass is 32.2. The molecule has 8 nitrogen and oxygen atoms in total. The highest BCUT2D eigenvalue weighted by Gasteiger charge is 2.20. The van der Waals surface area contributed by atoms with E-state index in [4.69, 9.17) is 4.42 Å². The Hall–Kier alpha value is -3.85. The van der Waals surface area contributed by atoms with Crippen LogP contribution in [0.25, 0.3) is 5.69 Å². The van der Waals surface area contributed by atoms with Crippen molar-refractivity contribution in [2.45, 2.75) is 18.6 Å². The minimum absolute atomic E-state index is 0.143. The van der Waals surface area contributed by atoms with Gasteiger partial charge in [0.25, 0.3) is 5.91 Å². The summed E-state index contributed by atoms with van der Waals surface area (Å²) < 4.78 is 7.17. The molecule has 2 amide bonds. The lowest BCUT2D eigenvalue weighted by Crippen LogP contribution is -2.31. The number of nitrogens with zero attached hydrogens (tertiary/aromatic N) is 4. The Balaban J connectivity index is 1.45. The van der Waals surface area contributed by atoms with Crippen LogP contribution in [0, 0.1) is 6.92 Å². The van der Waals surface area contributed by atoms with Crippen molar-refractivity contribution in [2.75, 3.05) is 17.7 Å². The molecule has 0 saturated carbocycles. The third kappa shape index (κ3) is 5.15. The number of para-hydroxylation sites is 2. The standard InChI is InChI=1S/C24H23N5O3S/c1-17-26-27-24(29(17)18-9-4-3-5-10-18)33-16-22(30)28(2)21-13-7-6-12-20(21)23(31)25-15-19-11-8-14-32-19/h3-14H,15-16H2,1-2H3,(H,25,31). The minimum atomic E-state index is -0.284. The quantitative estimate of drug-likeness (QED) is 0.401. The van der Waals surface area contributed by atoms with Gasteiger partial charge in [0.2, 0.25) is 5.91 Å². The minimum Gasteiger partial charge on any atom is -0.467 e. The van der Waals surface area contributed by atoms with Crippen LogP contribution in [-0.2, 0) is 11.3 Å². The van der Waals surface area contributed by atoms with Crippen LogP contribution in [0.4, 0.5) is 5.69 Å². The number of thioether (sulfide) groups is 1. The van der Waals surface area contributed by atoms with Gasteiger partial charge in [0, 0.05) is 12.7 Å². The maximum absolute atomic E-state index is 13.0. The molecule has 2 aromatic carbocycles. The van der Waals surface area contributed by atoms with Gasteiger partial charge in [-0.1, -0.05) is 42.1 Å². The number of aryl methyl sites for hydroxylation is 1. The first-order valence-corrected chi connectivity index (χ1v) is 11.3. The Morgan fingerprint density at radius 2 is 1.79 bits per heavy atom. The van der Waals surface area contributed by atoms with Crippen molar-refractivity contribution in [3.63, 3.8) is 0 Å². The number of carbonyl (C=O) groups is 2. The van der Waals surface area contributed by atoms with Gasteiger partial charge in [-0.05, 0) is 43.3 Å². The maximum Gasteiger partial charge on any atom is 0.253 e. The number of benzene rings is 2. The van der Waals surface area contributed by atoms with E-state index >= 15 is 0 Å². The lowest BCUT2D eigenvalue weighted by Gasteiger charge is -2.20. The Morgan fingerprint density at radius 1 is 1.03 bits per heavy atom. The van der Waals surface area contributed by atoms with Crippen LogP contribution >= 0.6 is 11.8 Å². The first kappa shape index (κ1) is 22.3. The van der Waals surface area contributed by atoms with Gasteiger partial charge in [-0.25, -0.2) is 0 Å². The van der Waals surface area contributed by atoms with Gasteiger partial charge < -0.3 is 14.6 Å². The van der Waals surface area contributed by atoms with Gasteiger partial charge >= 0.3 is 0 Å². The van der Waals surface area contributed by atoms with Crippen molar-refractivity contribution in [2.24, 2.45) is 0 Å². The molecule has 9 heteroatoms. The topological polar surface area (TPSA) is 93.3 Å². The van der Waals surface area contributed by atoms with Crippen molar-refractivity contribution in [3.05, 3.63) is 90.1 Å². The number of nitrogens with one attached hydrogen (secondary N) is 1. The van der Waals surface area contributed by atoms with E-state index in [2.05, 4.69) is 15.5 Å². The molecule has 4 aromatic rings. The summed E-state index contributed by atoms with van der Waals surface area (Å²) in [5.74, 6) is 1.09. The van der Waals surface area contributed by atoms with Gasteiger partial charge in [0.1, 0.15) is 11.6 Å². The van der Waals surface area contributed by atoms with E-state index in [1.807, 2.05) is 41.8 Å². The van der Waals surface area contributed by atoms with Crippen molar-refractivity contribution in [1.82, 2.24) is 20.1 Å². The van der Waals surface area contributed by atoms with Crippen LogP contribution in [0.15, 0.2) is 82.6 Å². The highest BCUT2D eigenvalue weighted by Crippen LogP contribution is 2.24. The van der Waals surface area contributed by atoms with Crippen LogP contribution in [0.1, 0.15) is 21.9 Å². The van der Waals surface area contributed by atoms with Crippen molar-refractivity contribution >= 4 is 29.3 Å². The second kappa shape index (κ2) is 10.2. The van der Waals surface area contributed by atoms with Gasteiger partial charge in [-0.15, -0.1) is 10.2 Å². The average molecular weight is 462 g/mol. The molecular formula is C24H23N5O3S. The molecule has 4 rings (SSSR count). The second-order valence-corrected chi connectivity index (χ2v) is 8.16. The zero-order valence-electron chi connectivity index (χ0n) is 18.3. The van der Waals surface area contributed by atoms with E-state index in [9.17, 15) is 9.59 Å². The van der Waals surface area contributed by atoms with Crippen LogP contribution in [0.3, 0.4) is 0 Å². The summed E-state index contributed by atoms with van der Waals surface area (Å²) in [6.07, 6.45) is 1.56. The second-order valence-electron chi connectivity index (χ2n) is 7.22. The summed E-state index contributed by atoms with van der Waals surface area (Å²) in [7, 11) is 1.66. The zero-order chi connectivity index (χ0) is 23.2. The number of aromatic nitrogens is 3. The van der Waals surface area contributed by atoms with Crippen LogP contribution in [0.5, 0.6) is 0 Å². The maximum atomic E-state index is 13.0. The predicted molar refractivity (Wildman–Crippen MR) is 127 cm³/mol. The van der Waals surface area contributed by atoms with Crippen molar-refractivity contribution in [1.29, 1.82) is 0 Å².